The van der Waals surface area contributed by atoms with Crippen molar-refractivity contribution in [2.24, 2.45) is 5.92 Å². The molecule has 5 heteroatoms. The Hall–Kier alpha value is -2.79. The molecule has 2 aliphatic rings. The van der Waals surface area contributed by atoms with Crippen LogP contribution in [-0.2, 0) is 15.3 Å². The summed E-state index contributed by atoms with van der Waals surface area (Å²) in [4.78, 5) is 0.447. The van der Waals surface area contributed by atoms with Crippen LogP contribution in [0.2, 0.25) is 0 Å². The number of nitrogens with one attached hydrogen (secondary N) is 1. The predicted octanol–water partition coefficient (Wildman–Crippen LogP) is 6.47. The zero-order chi connectivity index (χ0) is 23.2. The van der Waals surface area contributed by atoms with Gasteiger partial charge in [-0.2, -0.15) is 0 Å². The molecule has 1 atom stereocenters. The number of para-hydroxylation sites is 1. The Labute approximate surface area is 196 Å². The molecule has 1 heterocycles. The highest BCUT2D eigenvalue weighted by Gasteiger charge is 2.35. The fourth-order valence-electron chi connectivity index (χ4n) is 5.17. The number of phenols is 1. The number of fused-ring (bicyclic) bond motifs is 1. The number of hydrogen-bond acceptors (Lipinski definition) is 4. The molecule has 3 aromatic carbocycles. The van der Waals surface area contributed by atoms with Crippen molar-refractivity contribution in [3.8, 4) is 16.9 Å². The summed E-state index contributed by atoms with van der Waals surface area (Å²) in [5.41, 5.74) is 4.82. The summed E-state index contributed by atoms with van der Waals surface area (Å²) >= 11 is 0. The number of hydrogen-bond donors (Lipinski definition) is 2. The van der Waals surface area contributed by atoms with Gasteiger partial charge in [-0.15, -0.1) is 0 Å². The van der Waals surface area contributed by atoms with E-state index in [0.717, 1.165) is 53.6 Å². The topological polar surface area (TPSA) is 66.4 Å². The van der Waals surface area contributed by atoms with Crippen LogP contribution in [0.15, 0.2) is 71.6 Å². The molecule has 5 rings (SSSR count). The first-order valence-electron chi connectivity index (χ1n) is 11.8. The molecule has 4 nitrogen and oxygen atoms in total. The Morgan fingerprint density at radius 2 is 1.79 bits per heavy atom. The monoisotopic (exact) mass is 461 g/mol. The molecule has 3 aromatic rings. The van der Waals surface area contributed by atoms with Gasteiger partial charge in [-0.05, 0) is 77.6 Å². The van der Waals surface area contributed by atoms with Crippen LogP contribution in [0.25, 0.3) is 11.1 Å². The first kappa shape index (κ1) is 22.0. The van der Waals surface area contributed by atoms with Crippen LogP contribution in [-0.4, -0.2) is 19.3 Å². The quantitative estimate of drug-likeness (QED) is 0.457. The van der Waals surface area contributed by atoms with Crippen molar-refractivity contribution in [2.75, 3.05) is 11.1 Å². The second-order valence-electron chi connectivity index (χ2n) is 10.2. The van der Waals surface area contributed by atoms with Gasteiger partial charge < -0.3 is 10.4 Å². The molecular weight excluding hydrogens is 430 g/mol. The van der Waals surface area contributed by atoms with E-state index in [0.29, 0.717) is 10.8 Å². The molecule has 33 heavy (non-hydrogen) atoms. The lowest BCUT2D eigenvalue weighted by atomic mass is 9.74. The number of anilines is 1. The predicted molar refractivity (Wildman–Crippen MR) is 133 cm³/mol. The molecule has 1 aliphatic carbocycles. The van der Waals surface area contributed by atoms with Gasteiger partial charge in [0.25, 0.3) is 0 Å². The van der Waals surface area contributed by atoms with Gasteiger partial charge in [-0.3, -0.25) is 0 Å². The lowest BCUT2D eigenvalue weighted by molar-refractivity contribution is 0.347. The number of aromatic hydroxyl groups is 1. The number of sulfone groups is 1. The van der Waals surface area contributed by atoms with E-state index in [1.807, 2.05) is 42.5 Å². The molecule has 0 radical (unpaired) electrons. The first-order valence-corrected chi connectivity index (χ1v) is 13.4. The van der Waals surface area contributed by atoms with Crippen LogP contribution in [0.1, 0.15) is 56.7 Å². The fraction of sp³-hybridized carbons (Fsp3) is 0.357. The van der Waals surface area contributed by atoms with E-state index in [-0.39, 0.29) is 23.0 Å². The van der Waals surface area contributed by atoms with Crippen molar-refractivity contribution in [3.63, 3.8) is 0 Å². The average Bonchev–Trinajstić information content (AvgIpc) is 2.76. The van der Waals surface area contributed by atoms with Crippen LogP contribution in [0.5, 0.6) is 5.75 Å². The third-order valence-electron chi connectivity index (χ3n) is 7.31. The average molecular weight is 462 g/mol. The van der Waals surface area contributed by atoms with Crippen molar-refractivity contribution in [1.82, 2.24) is 0 Å². The third-order valence-corrected chi connectivity index (χ3v) is 9.19. The van der Waals surface area contributed by atoms with Crippen molar-refractivity contribution < 1.29 is 13.5 Å². The minimum Gasteiger partial charge on any atom is -0.507 e. The van der Waals surface area contributed by atoms with E-state index in [4.69, 9.17) is 0 Å². The lowest BCUT2D eigenvalue weighted by Crippen LogP contribution is -2.31. The number of phenolic OH excluding ortho intramolecular Hbond substituents is 1. The Balaban J connectivity index is 1.45. The van der Waals surface area contributed by atoms with E-state index < -0.39 is 9.84 Å². The van der Waals surface area contributed by atoms with Crippen molar-refractivity contribution >= 4 is 15.5 Å². The molecule has 0 saturated heterocycles. The highest BCUT2D eigenvalue weighted by Crippen LogP contribution is 2.45. The summed E-state index contributed by atoms with van der Waals surface area (Å²) in [5.74, 6) is 0.854. The van der Waals surface area contributed by atoms with Gasteiger partial charge in [-0.25, -0.2) is 8.42 Å². The van der Waals surface area contributed by atoms with Gasteiger partial charge in [0.2, 0.25) is 0 Å². The normalized spacial score (nSPS) is 19.9. The van der Waals surface area contributed by atoms with E-state index in [1.54, 1.807) is 12.1 Å². The van der Waals surface area contributed by atoms with Gasteiger partial charge in [0.1, 0.15) is 5.75 Å². The zero-order valence-electron chi connectivity index (χ0n) is 19.2. The minimum absolute atomic E-state index is 0.0933. The van der Waals surface area contributed by atoms with Gasteiger partial charge in [0, 0.05) is 11.3 Å². The van der Waals surface area contributed by atoms with Crippen molar-refractivity contribution in [1.29, 1.82) is 0 Å². The Kier molecular flexibility index (Phi) is 5.48. The number of rotatable bonds is 5. The molecule has 172 valence electrons. The summed E-state index contributed by atoms with van der Waals surface area (Å²) in [6.45, 7) is 4.38. The van der Waals surface area contributed by atoms with Crippen LogP contribution >= 0.6 is 0 Å². The molecule has 1 unspecified atom stereocenters. The third kappa shape index (κ3) is 4.26. The zero-order valence-corrected chi connectivity index (χ0v) is 20.0. The summed E-state index contributed by atoms with van der Waals surface area (Å²) in [6.07, 6.45) is 4.04. The maximum Gasteiger partial charge on any atom is 0.178 e. The van der Waals surface area contributed by atoms with Crippen LogP contribution in [0, 0.1) is 5.92 Å². The van der Waals surface area contributed by atoms with E-state index in [1.165, 1.54) is 0 Å². The fourth-order valence-corrected chi connectivity index (χ4v) is 6.89. The lowest BCUT2D eigenvalue weighted by Gasteiger charge is -2.39. The highest BCUT2D eigenvalue weighted by molar-refractivity contribution is 7.91. The van der Waals surface area contributed by atoms with E-state index in [2.05, 4.69) is 31.3 Å². The molecule has 0 bridgehead atoms. The molecule has 1 fully saturated rings. The second-order valence-corrected chi connectivity index (χ2v) is 12.2. The maximum atomic E-state index is 13.0. The molecule has 1 saturated carbocycles. The first-order chi connectivity index (χ1) is 15.7. The Bertz CT molecular complexity index is 1290. The molecule has 0 aromatic heterocycles. The van der Waals surface area contributed by atoms with Crippen molar-refractivity contribution in [2.45, 2.75) is 55.9 Å². The molecule has 1 aliphatic heterocycles. The number of benzene rings is 3. The van der Waals surface area contributed by atoms with Crippen molar-refractivity contribution in [3.05, 3.63) is 77.9 Å². The SMILES string of the molecule is CC1(C)CC(c2cccc(-c3ccccc3O)c2)Nc2ccc(S(=O)(=O)CC3CCC3)cc21. The van der Waals surface area contributed by atoms with Crippen LogP contribution in [0.3, 0.4) is 0 Å². The smallest absolute Gasteiger partial charge is 0.178 e. The molecule has 2 N–H and O–H groups in total. The second kappa shape index (κ2) is 8.21. The van der Waals surface area contributed by atoms with E-state index in [9.17, 15) is 13.5 Å². The summed E-state index contributed by atoms with van der Waals surface area (Å²) in [5, 5.41) is 13.9. The summed E-state index contributed by atoms with van der Waals surface area (Å²) in [6, 6.07) is 21.3. The molecule has 0 amide bonds. The maximum absolute atomic E-state index is 13.0. The largest absolute Gasteiger partial charge is 0.507 e. The molecular formula is C28H31NO3S. The molecule has 0 spiro atoms. The van der Waals surface area contributed by atoms with Gasteiger partial charge >= 0.3 is 0 Å². The standard InChI is InChI=1S/C28H31NO3S/c1-28(2)17-26(21-10-6-9-20(15-21)23-11-3-4-12-27(23)30)29-25-14-13-22(16-24(25)28)33(31,32)18-19-7-5-8-19/h3-4,6,9-16,19,26,29-30H,5,7-8,17-18H2,1-2H3. The summed E-state index contributed by atoms with van der Waals surface area (Å²) in [7, 11) is -3.26. The van der Waals surface area contributed by atoms with Gasteiger partial charge in [0.05, 0.1) is 16.7 Å². The summed E-state index contributed by atoms with van der Waals surface area (Å²) < 4.78 is 26.0. The van der Waals surface area contributed by atoms with Crippen LogP contribution in [0.4, 0.5) is 5.69 Å². The van der Waals surface area contributed by atoms with Crippen LogP contribution < -0.4 is 5.32 Å². The Morgan fingerprint density at radius 3 is 2.52 bits per heavy atom. The van der Waals surface area contributed by atoms with E-state index >= 15 is 0 Å². The van der Waals surface area contributed by atoms with Gasteiger partial charge in [-0.1, -0.05) is 56.7 Å². The highest BCUT2D eigenvalue weighted by atomic mass is 32.2. The Morgan fingerprint density at radius 1 is 1.00 bits per heavy atom. The minimum atomic E-state index is -3.26. The van der Waals surface area contributed by atoms with Gasteiger partial charge in [0.15, 0.2) is 9.84 Å².